The van der Waals surface area contributed by atoms with Crippen LogP contribution in [0.4, 0.5) is 4.39 Å². The van der Waals surface area contributed by atoms with Crippen molar-refractivity contribution in [1.29, 1.82) is 0 Å². The average molecular weight is 274 g/mol. The van der Waals surface area contributed by atoms with Gasteiger partial charge in [0.1, 0.15) is 5.82 Å². The van der Waals surface area contributed by atoms with Gasteiger partial charge in [0.25, 0.3) is 0 Å². The zero-order chi connectivity index (χ0) is 13.3. The Hall–Kier alpha value is -1.02. The molecule has 1 aliphatic rings. The highest BCUT2D eigenvalue weighted by Gasteiger charge is 2.30. The summed E-state index contributed by atoms with van der Waals surface area (Å²) in [5.41, 5.74) is 0.462. The number of benzene rings is 1. The van der Waals surface area contributed by atoms with E-state index in [0.717, 1.165) is 6.07 Å². The molecule has 100 valence electrons. The van der Waals surface area contributed by atoms with Gasteiger partial charge in [-0.15, -0.1) is 0 Å². The van der Waals surface area contributed by atoms with Crippen molar-refractivity contribution in [3.8, 4) is 0 Å². The van der Waals surface area contributed by atoms with Crippen molar-refractivity contribution < 1.29 is 17.9 Å². The summed E-state index contributed by atoms with van der Waals surface area (Å²) in [5, 5.41) is 12.4. The van der Waals surface area contributed by atoms with Crippen LogP contribution in [0.15, 0.2) is 23.1 Å². The van der Waals surface area contributed by atoms with Crippen LogP contribution in [0, 0.1) is 12.7 Å². The van der Waals surface area contributed by atoms with Gasteiger partial charge in [-0.3, -0.25) is 0 Å². The van der Waals surface area contributed by atoms with Crippen molar-refractivity contribution in [3.63, 3.8) is 0 Å². The van der Waals surface area contributed by atoms with E-state index in [1.54, 1.807) is 6.92 Å². The van der Waals surface area contributed by atoms with Gasteiger partial charge < -0.3 is 10.4 Å². The van der Waals surface area contributed by atoms with E-state index in [0.29, 0.717) is 18.7 Å². The molecule has 1 aromatic carbocycles. The van der Waals surface area contributed by atoms with Gasteiger partial charge in [0.05, 0.1) is 17.0 Å². The molecule has 0 unspecified atom stereocenters. The predicted octanol–water partition coefficient (Wildman–Crippen LogP) is -0.255. The highest BCUT2D eigenvalue weighted by atomic mass is 32.2. The summed E-state index contributed by atoms with van der Waals surface area (Å²) in [4.78, 5) is -0.0957. The molecular formula is C11H15FN2O3S. The Bertz CT molecular complexity index is 547. The van der Waals surface area contributed by atoms with E-state index in [-0.39, 0.29) is 4.90 Å². The van der Waals surface area contributed by atoms with Crippen molar-refractivity contribution in [3.05, 3.63) is 29.6 Å². The van der Waals surface area contributed by atoms with Crippen LogP contribution >= 0.6 is 0 Å². The van der Waals surface area contributed by atoms with E-state index in [1.807, 2.05) is 0 Å². The van der Waals surface area contributed by atoms with Gasteiger partial charge in [-0.1, -0.05) is 6.07 Å². The van der Waals surface area contributed by atoms with Gasteiger partial charge in [-0.25, -0.2) is 17.5 Å². The molecule has 1 aromatic rings. The lowest BCUT2D eigenvalue weighted by Crippen LogP contribution is -2.42. The maximum absolute atomic E-state index is 13.1. The first-order chi connectivity index (χ1) is 8.40. The minimum Gasteiger partial charge on any atom is -0.390 e. The molecule has 7 heteroatoms. The van der Waals surface area contributed by atoms with Crippen LogP contribution in [0.3, 0.4) is 0 Å². The van der Waals surface area contributed by atoms with E-state index >= 15 is 0 Å². The molecule has 1 saturated heterocycles. The van der Waals surface area contributed by atoms with E-state index in [1.165, 1.54) is 12.1 Å². The fourth-order valence-electron chi connectivity index (χ4n) is 1.91. The molecule has 0 aliphatic carbocycles. The minimum atomic E-state index is -3.82. The number of halogens is 1. The fraction of sp³-hybridized carbons (Fsp3) is 0.455. The topological polar surface area (TPSA) is 78.4 Å². The number of hydrogen-bond donors (Lipinski definition) is 3. The number of aliphatic hydroxyl groups is 1. The molecule has 0 amide bonds. The van der Waals surface area contributed by atoms with Gasteiger partial charge in [0, 0.05) is 13.1 Å². The third-order valence-corrected chi connectivity index (χ3v) is 4.56. The molecule has 3 N–H and O–H groups in total. The summed E-state index contributed by atoms with van der Waals surface area (Å²) in [6, 6.07) is 3.01. The Balaban J connectivity index is 2.28. The monoisotopic (exact) mass is 274 g/mol. The summed E-state index contributed by atoms with van der Waals surface area (Å²) in [6.45, 7) is 2.29. The summed E-state index contributed by atoms with van der Waals surface area (Å²) in [6.07, 6.45) is -0.770. The first-order valence-corrected chi connectivity index (χ1v) is 7.06. The number of aryl methyl sites for hydroxylation is 1. The number of aliphatic hydroxyl groups excluding tert-OH is 1. The molecule has 0 saturated carbocycles. The highest BCUT2D eigenvalue weighted by Crippen LogP contribution is 2.17. The van der Waals surface area contributed by atoms with E-state index in [9.17, 15) is 17.9 Å². The van der Waals surface area contributed by atoms with Crippen LogP contribution in [0.5, 0.6) is 0 Å². The molecule has 0 aromatic heterocycles. The zero-order valence-electron chi connectivity index (χ0n) is 9.85. The van der Waals surface area contributed by atoms with Crippen molar-refractivity contribution >= 4 is 10.0 Å². The van der Waals surface area contributed by atoms with Crippen molar-refractivity contribution in [1.82, 2.24) is 10.0 Å². The molecule has 18 heavy (non-hydrogen) atoms. The summed E-state index contributed by atoms with van der Waals surface area (Å²) >= 11 is 0. The smallest absolute Gasteiger partial charge is 0.241 e. The van der Waals surface area contributed by atoms with Gasteiger partial charge in [0.2, 0.25) is 10.0 Å². The Morgan fingerprint density at radius 1 is 1.44 bits per heavy atom. The number of rotatable bonds is 3. The largest absolute Gasteiger partial charge is 0.390 e. The molecule has 2 rings (SSSR count). The van der Waals surface area contributed by atoms with Crippen LogP contribution in [0.25, 0.3) is 0 Å². The fourth-order valence-corrected chi connectivity index (χ4v) is 3.44. The summed E-state index contributed by atoms with van der Waals surface area (Å²) < 4.78 is 39.7. The average Bonchev–Trinajstić information content (AvgIpc) is 2.67. The van der Waals surface area contributed by atoms with Crippen LogP contribution < -0.4 is 10.0 Å². The SMILES string of the molecule is Cc1ccc(F)cc1S(=O)(=O)N[C@@H]1CNC[C@H]1O. The third-order valence-electron chi connectivity index (χ3n) is 2.93. The van der Waals surface area contributed by atoms with Gasteiger partial charge in [0.15, 0.2) is 0 Å². The second-order valence-corrected chi connectivity index (χ2v) is 6.05. The Labute approximate surface area is 105 Å². The Morgan fingerprint density at radius 3 is 2.78 bits per heavy atom. The van der Waals surface area contributed by atoms with E-state index in [2.05, 4.69) is 10.0 Å². The third kappa shape index (κ3) is 2.69. The lowest BCUT2D eigenvalue weighted by Gasteiger charge is -2.16. The van der Waals surface area contributed by atoms with Gasteiger partial charge in [-0.2, -0.15) is 0 Å². The number of hydrogen-bond acceptors (Lipinski definition) is 4. The van der Waals surface area contributed by atoms with Crippen LogP contribution in [0.2, 0.25) is 0 Å². The maximum atomic E-state index is 13.1. The quantitative estimate of drug-likeness (QED) is 0.710. The van der Waals surface area contributed by atoms with Crippen molar-refractivity contribution in [2.45, 2.75) is 24.0 Å². The van der Waals surface area contributed by atoms with Crippen molar-refractivity contribution in [2.75, 3.05) is 13.1 Å². The Morgan fingerprint density at radius 2 is 2.17 bits per heavy atom. The van der Waals surface area contributed by atoms with Crippen LogP contribution in [-0.4, -0.2) is 38.8 Å². The minimum absolute atomic E-state index is 0.0957. The molecular weight excluding hydrogens is 259 g/mol. The van der Waals surface area contributed by atoms with E-state index in [4.69, 9.17) is 0 Å². The number of sulfonamides is 1. The second-order valence-electron chi connectivity index (χ2n) is 4.36. The lowest BCUT2D eigenvalue weighted by molar-refractivity contribution is 0.172. The predicted molar refractivity (Wildman–Crippen MR) is 64.1 cm³/mol. The van der Waals surface area contributed by atoms with E-state index < -0.39 is 28.0 Å². The normalized spacial score (nSPS) is 24.4. The first-order valence-electron chi connectivity index (χ1n) is 5.57. The van der Waals surface area contributed by atoms with Crippen LogP contribution in [0.1, 0.15) is 5.56 Å². The zero-order valence-corrected chi connectivity index (χ0v) is 10.7. The van der Waals surface area contributed by atoms with Crippen LogP contribution in [-0.2, 0) is 10.0 Å². The standard InChI is InChI=1S/C11H15FN2O3S/c1-7-2-3-8(12)4-11(7)18(16,17)14-9-5-13-6-10(9)15/h2-4,9-10,13-15H,5-6H2,1H3/t9-,10-/m1/s1. The molecule has 0 bridgehead atoms. The first kappa shape index (κ1) is 13.4. The molecule has 1 aliphatic heterocycles. The maximum Gasteiger partial charge on any atom is 0.241 e. The Kier molecular flexibility index (Phi) is 3.67. The molecule has 5 nitrogen and oxygen atoms in total. The molecule has 1 fully saturated rings. The molecule has 0 spiro atoms. The summed E-state index contributed by atoms with van der Waals surface area (Å²) in [7, 11) is -3.82. The molecule has 2 atom stereocenters. The highest BCUT2D eigenvalue weighted by molar-refractivity contribution is 7.89. The molecule has 1 heterocycles. The number of nitrogens with one attached hydrogen (secondary N) is 2. The summed E-state index contributed by atoms with van der Waals surface area (Å²) in [5.74, 6) is -0.605. The second kappa shape index (κ2) is 4.93. The van der Waals surface area contributed by atoms with Crippen molar-refractivity contribution in [2.24, 2.45) is 0 Å². The van der Waals surface area contributed by atoms with Gasteiger partial charge in [-0.05, 0) is 24.6 Å². The molecule has 0 radical (unpaired) electrons. The number of β-amino-alcohol motifs (C(OH)–C–C–N with tert-alkyl or cyclic N) is 1. The lowest BCUT2D eigenvalue weighted by atomic mass is 10.2. The van der Waals surface area contributed by atoms with Gasteiger partial charge >= 0.3 is 0 Å².